The first-order valence-corrected chi connectivity index (χ1v) is 8.80. The van der Waals surface area contributed by atoms with Gasteiger partial charge in [0.1, 0.15) is 5.82 Å². The predicted octanol–water partition coefficient (Wildman–Crippen LogP) is 1.34. The van der Waals surface area contributed by atoms with E-state index < -0.39 is 29.8 Å². The summed E-state index contributed by atoms with van der Waals surface area (Å²) in [7, 11) is 1.78. The van der Waals surface area contributed by atoms with Crippen LogP contribution < -0.4 is 10.6 Å². The van der Waals surface area contributed by atoms with Crippen molar-refractivity contribution in [3.8, 4) is 0 Å². The summed E-state index contributed by atoms with van der Waals surface area (Å²) in [6, 6.07) is 4.54. The molecule has 9 heteroatoms. The van der Waals surface area contributed by atoms with Crippen molar-refractivity contribution in [2.75, 3.05) is 32.0 Å². The lowest BCUT2D eigenvalue weighted by Crippen LogP contribution is -2.52. The van der Waals surface area contributed by atoms with E-state index in [1.54, 1.807) is 24.9 Å². The molecule has 0 aromatic heterocycles. The Labute approximate surface area is 157 Å². The standard InChI is InChI=1S/C18H25FN4O4/c1-12(23-9-7-13(8-10-23)22(2)11-16(24)25)17(26)21-18(27)20-15-6-4-3-5-14(15)19/h3-6,12-13H,7-11H2,1-2H3,(H,24,25)(H2,20,21,26,27). The normalized spacial score (nSPS) is 16.7. The molecular formula is C18H25FN4O4. The molecule has 0 saturated carbocycles. The number of para-hydroxylation sites is 1. The third-order valence-electron chi connectivity index (χ3n) is 4.79. The van der Waals surface area contributed by atoms with Gasteiger partial charge in [0.05, 0.1) is 18.3 Å². The van der Waals surface area contributed by atoms with Gasteiger partial charge < -0.3 is 10.4 Å². The Bertz CT molecular complexity index is 692. The Balaban J connectivity index is 1.81. The van der Waals surface area contributed by atoms with Gasteiger partial charge in [0, 0.05) is 19.1 Å². The molecular weight excluding hydrogens is 355 g/mol. The smallest absolute Gasteiger partial charge is 0.326 e. The van der Waals surface area contributed by atoms with E-state index in [-0.39, 0.29) is 18.3 Å². The van der Waals surface area contributed by atoms with Gasteiger partial charge in [0.15, 0.2) is 0 Å². The number of piperidine rings is 1. The summed E-state index contributed by atoms with van der Waals surface area (Å²) in [5.41, 5.74) is -0.00210. The maximum Gasteiger partial charge on any atom is 0.326 e. The number of imide groups is 1. The van der Waals surface area contributed by atoms with Crippen molar-refractivity contribution in [2.45, 2.75) is 31.8 Å². The number of nitrogens with one attached hydrogen (secondary N) is 2. The highest BCUT2D eigenvalue weighted by molar-refractivity contribution is 6.02. The van der Waals surface area contributed by atoms with Gasteiger partial charge >= 0.3 is 12.0 Å². The molecule has 1 atom stereocenters. The van der Waals surface area contributed by atoms with E-state index in [2.05, 4.69) is 10.6 Å². The molecule has 3 N–H and O–H groups in total. The Morgan fingerprint density at radius 2 is 1.93 bits per heavy atom. The average molecular weight is 380 g/mol. The fraction of sp³-hybridized carbons (Fsp3) is 0.500. The molecule has 8 nitrogen and oxygen atoms in total. The molecule has 1 fully saturated rings. The van der Waals surface area contributed by atoms with Crippen molar-refractivity contribution >= 4 is 23.6 Å². The summed E-state index contributed by atoms with van der Waals surface area (Å²) in [6.07, 6.45) is 1.48. The number of carboxylic acids is 1. The highest BCUT2D eigenvalue weighted by Gasteiger charge is 2.29. The molecule has 3 amide bonds. The largest absolute Gasteiger partial charge is 0.480 e. The second-order valence-electron chi connectivity index (χ2n) is 6.68. The number of hydrogen-bond donors (Lipinski definition) is 3. The summed E-state index contributed by atoms with van der Waals surface area (Å²) in [4.78, 5) is 38.8. The summed E-state index contributed by atoms with van der Waals surface area (Å²) in [6.45, 7) is 2.93. The summed E-state index contributed by atoms with van der Waals surface area (Å²) < 4.78 is 13.5. The minimum absolute atomic E-state index is 0.00210. The predicted molar refractivity (Wildman–Crippen MR) is 97.9 cm³/mol. The van der Waals surface area contributed by atoms with Gasteiger partial charge in [0.25, 0.3) is 0 Å². The number of likely N-dealkylation sites (tertiary alicyclic amines) is 1. The van der Waals surface area contributed by atoms with Crippen molar-refractivity contribution in [3.05, 3.63) is 30.1 Å². The van der Waals surface area contributed by atoms with Crippen LogP contribution in [0.3, 0.4) is 0 Å². The first-order valence-electron chi connectivity index (χ1n) is 8.80. The molecule has 27 heavy (non-hydrogen) atoms. The molecule has 1 aromatic carbocycles. The molecule has 2 rings (SSSR count). The minimum Gasteiger partial charge on any atom is -0.480 e. The van der Waals surface area contributed by atoms with E-state index in [9.17, 15) is 18.8 Å². The molecule has 1 unspecified atom stereocenters. The SMILES string of the molecule is CC(C(=O)NC(=O)Nc1ccccc1F)N1CCC(N(C)CC(=O)O)CC1. The number of hydrogen-bond acceptors (Lipinski definition) is 5. The second-order valence-corrected chi connectivity index (χ2v) is 6.68. The Hall–Kier alpha value is -2.52. The summed E-state index contributed by atoms with van der Waals surface area (Å²) in [5.74, 6) is -1.92. The van der Waals surface area contributed by atoms with Crippen LogP contribution in [-0.4, -0.2) is 71.6 Å². The van der Waals surface area contributed by atoms with E-state index in [0.29, 0.717) is 13.1 Å². The molecule has 0 radical (unpaired) electrons. The number of aliphatic carboxylic acids is 1. The van der Waals surface area contributed by atoms with Gasteiger partial charge in [-0.1, -0.05) is 12.1 Å². The first-order chi connectivity index (χ1) is 12.8. The number of likely N-dealkylation sites (N-methyl/N-ethyl adjacent to an activating group) is 1. The maximum atomic E-state index is 13.5. The zero-order chi connectivity index (χ0) is 20.0. The van der Waals surface area contributed by atoms with Crippen molar-refractivity contribution < 1.29 is 23.9 Å². The lowest BCUT2D eigenvalue weighted by molar-refractivity contribution is -0.138. The number of amides is 3. The lowest BCUT2D eigenvalue weighted by Gasteiger charge is -2.38. The Morgan fingerprint density at radius 3 is 2.52 bits per heavy atom. The zero-order valence-corrected chi connectivity index (χ0v) is 15.4. The van der Waals surface area contributed by atoms with E-state index in [1.807, 2.05) is 4.90 Å². The molecule has 0 spiro atoms. The van der Waals surface area contributed by atoms with Crippen molar-refractivity contribution in [2.24, 2.45) is 0 Å². The van der Waals surface area contributed by atoms with Crippen molar-refractivity contribution in [3.63, 3.8) is 0 Å². The number of carbonyl (C=O) groups excluding carboxylic acids is 2. The number of nitrogens with zero attached hydrogens (tertiary/aromatic N) is 2. The quantitative estimate of drug-likeness (QED) is 0.688. The van der Waals surface area contributed by atoms with Crippen LogP contribution in [0.15, 0.2) is 24.3 Å². The lowest BCUT2D eigenvalue weighted by atomic mass is 10.0. The van der Waals surface area contributed by atoms with Crippen LogP contribution in [0.25, 0.3) is 0 Å². The van der Waals surface area contributed by atoms with Crippen LogP contribution in [0.2, 0.25) is 0 Å². The monoisotopic (exact) mass is 380 g/mol. The Morgan fingerprint density at radius 1 is 1.30 bits per heavy atom. The number of benzene rings is 1. The molecule has 0 aliphatic carbocycles. The van der Waals surface area contributed by atoms with E-state index in [4.69, 9.17) is 5.11 Å². The van der Waals surface area contributed by atoms with Gasteiger partial charge in [0.2, 0.25) is 5.91 Å². The fourth-order valence-corrected chi connectivity index (χ4v) is 3.15. The van der Waals surface area contributed by atoms with Gasteiger partial charge in [-0.15, -0.1) is 0 Å². The third-order valence-corrected chi connectivity index (χ3v) is 4.79. The summed E-state index contributed by atoms with van der Waals surface area (Å²) >= 11 is 0. The van der Waals surface area contributed by atoms with E-state index >= 15 is 0 Å². The van der Waals surface area contributed by atoms with Crippen LogP contribution in [0.5, 0.6) is 0 Å². The number of carboxylic acid groups (broad SMARTS) is 1. The van der Waals surface area contributed by atoms with Gasteiger partial charge in [-0.25, -0.2) is 9.18 Å². The van der Waals surface area contributed by atoms with Crippen LogP contribution in [0.4, 0.5) is 14.9 Å². The minimum atomic E-state index is -0.867. The maximum absolute atomic E-state index is 13.5. The fourth-order valence-electron chi connectivity index (χ4n) is 3.15. The number of rotatable bonds is 6. The average Bonchev–Trinajstić information content (AvgIpc) is 2.62. The van der Waals surface area contributed by atoms with E-state index in [0.717, 1.165) is 12.8 Å². The van der Waals surface area contributed by atoms with Crippen LogP contribution >= 0.6 is 0 Å². The molecule has 1 aliphatic heterocycles. The van der Waals surface area contributed by atoms with E-state index in [1.165, 1.54) is 18.2 Å². The van der Waals surface area contributed by atoms with Crippen LogP contribution in [0.1, 0.15) is 19.8 Å². The number of carbonyl (C=O) groups is 3. The molecule has 1 aliphatic rings. The molecule has 1 aromatic rings. The first kappa shape index (κ1) is 20.8. The third kappa shape index (κ3) is 6.00. The van der Waals surface area contributed by atoms with Gasteiger partial charge in [-0.2, -0.15) is 0 Å². The highest BCUT2D eigenvalue weighted by Crippen LogP contribution is 2.17. The van der Waals surface area contributed by atoms with Gasteiger partial charge in [-0.3, -0.25) is 24.7 Å². The molecule has 1 heterocycles. The Kier molecular flexibility index (Phi) is 7.26. The number of anilines is 1. The van der Waals surface area contributed by atoms with Crippen molar-refractivity contribution in [1.82, 2.24) is 15.1 Å². The van der Waals surface area contributed by atoms with Gasteiger partial charge in [-0.05, 0) is 38.9 Å². The topological polar surface area (TPSA) is 102 Å². The molecule has 1 saturated heterocycles. The highest BCUT2D eigenvalue weighted by atomic mass is 19.1. The number of halogens is 1. The number of urea groups is 1. The van der Waals surface area contributed by atoms with Crippen LogP contribution in [-0.2, 0) is 9.59 Å². The zero-order valence-electron chi connectivity index (χ0n) is 15.4. The van der Waals surface area contributed by atoms with Crippen molar-refractivity contribution in [1.29, 1.82) is 0 Å². The molecule has 0 bridgehead atoms. The summed E-state index contributed by atoms with van der Waals surface area (Å²) in [5, 5.41) is 13.4. The molecule has 148 valence electrons. The second kappa shape index (κ2) is 9.43. The van der Waals surface area contributed by atoms with Crippen LogP contribution in [0, 0.1) is 5.82 Å².